The van der Waals surface area contributed by atoms with E-state index < -0.39 is 11.9 Å². The Kier molecular flexibility index (Phi) is 25.0. The standard InChI is InChI=1S/C24H38O4.C7H8.C2H6O2/c1-3-5-7-9-11-15-19-27-23(25)21-17-13-14-18-22(21)24(26)28-20-16-12-10-8-6-4-2;1-7-5-3-2-4-6-7;3-1-2-4/h13-14,17-18H,3-12,15-16,19-20H2,1-2H3;2-6H,1H3;3-4H,1-2H2. The lowest BCUT2D eigenvalue weighted by Crippen LogP contribution is -2.15. The molecule has 0 unspecified atom stereocenters. The Bertz CT molecular complexity index is 786. The first-order chi connectivity index (χ1) is 19.0. The van der Waals surface area contributed by atoms with E-state index in [4.69, 9.17) is 19.7 Å². The Morgan fingerprint density at radius 2 is 0.923 bits per heavy atom. The van der Waals surface area contributed by atoms with Gasteiger partial charge < -0.3 is 19.7 Å². The first-order valence-corrected chi connectivity index (χ1v) is 14.7. The van der Waals surface area contributed by atoms with Gasteiger partial charge in [0.1, 0.15) is 0 Å². The van der Waals surface area contributed by atoms with Gasteiger partial charge in [0, 0.05) is 0 Å². The lowest BCUT2D eigenvalue weighted by atomic mass is 10.1. The van der Waals surface area contributed by atoms with Crippen molar-refractivity contribution in [3.8, 4) is 0 Å². The Morgan fingerprint density at radius 1 is 0.564 bits per heavy atom. The van der Waals surface area contributed by atoms with Gasteiger partial charge in [0.25, 0.3) is 0 Å². The van der Waals surface area contributed by atoms with E-state index in [2.05, 4.69) is 32.9 Å². The van der Waals surface area contributed by atoms with Gasteiger partial charge >= 0.3 is 11.9 Å². The van der Waals surface area contributed by atoms with Crippen LogP contribution >= 0.6 is 0 Å². The molecule has 0 saturated carbocycles. The van der Waals surface area contributed by atoms with Crippen LogP contribution in [0.3, 0.4) is 0 Å². The van der Waals surface area contributed by atoms with Gasteiger partial charge in [-0.05, 0) is 31.9 Å². The normalized spacial score (nSPS) is 9.97. The van der Waals surface area contributed by atoms with Crippen molar-refractivity contribution in [3.63, 3.8) is 0 Å². The SMILES string of the molecule is CCCCCCCCOC(=O)c1ccccc1C(=O)OCCCCCCCC.Cc1ccccc1.OCCO. The van der Waals surface area contributed by atoms with Crippen LogP contribution in [0.1, 0.15) is 117 Å². The number of unbranched alkanes of at least 4 members (excludes halogenated alkanes) is 10. The fourth-order valence-corrected chi connectivity index (χ4v) is 3.62. The summed E-state index contributed by atoms with van der Waals surface area (Å²) >= 11 is 0. The molecule has 2 rings (SSSR count). The highest BCUT2D eigenvalue weighted by molar-refractivity contribution is 6.03. The summed E-state index contributed by atoms with van der Waals surface area (Å²) in [7, 11) is 0. The molecule has 0 aliphatic rings. The van der Waals surface area contributed by atoms with Crippen molar-refractivity contribution >= 4 is 11.9 Å². The number of hydrogen-bond acceptors (Lipinski definition) is 6. The molecule has 0 amide bonds. The Morgan fingerprint density at radius 3 is 1.26 bits per heavy atom. The number of rotatable bonds is 17. The molecule has 0 saturated heterocycles. The third-order valence-electron chi connectivity index (χ3n) is 5.87. The summed E-state index contributed by atoms with van der Waals surface area (Å²) in [6, 6.07) is 17.0. The maximum absolute atomic E-state index is 12.4. The summed E-state index contributed by atoms with van der Waals surface area (Å²) in [4.78, 5) is 24.7. The van der Waals surface area contributed by atoms with Crippen LogP contribution in [0.25, 0.3) is 0 Å². The zero-order valence-corrected chi connectivity index (χ0v) is 24.5. The Labute approximate surface area is 236 Å². The maximum Gasteiger partial charge on any atom is 0.339 e. The zero-order chi connectivity index (χ0) is 29.0. The van der Waals surface area contributed by atoms with Crippen molar-refractivity contribution in [2.75, 3.05) is 26.4 Å². The smallest absolute Gasteiger partial charge is 0.339 e. The number of benzene rings is 2. The summed E-state index contributed by atoms with van der Waals surface area (Å²) in [6.45, 7) is 7.01. The summed E-state index contributed by atoms with van der Waals surface area (Å²) < 4.78 is 10.7. The molecule has 6 nitrogen and oxygen atoms in total. The maximum atomic E-state index is 12.4. The third-order valence-corrected chi connectivity index (χ3v) is 5.87. The predicted octanol–water partition coefficient (Wildman–Crippen LogP) is 7.69. The van der Waals surface area contributed by atoms with Gasteiger partial charge in [-0.1, -0.05) is 126 Å². The summed E-state index contributed by atoms with van der Waals surface area (Å²) in [5.74, 6) is -0.888. The van der Waals surface area contributed by atoms with E-state index in [9.17, 15) is 9.59 Å². The van der Waals surface area contributed by atoms with Crippen LogP contribution in [0.4, 0.5) is 0 Å². The number of esters is 2. The molecule has 6 heteroatoms. The van der Waals surface area contributed by atoms with Gasteiger partial charge in [-0.25, -0.2) is 9.59 Å². The van der Waals surface area contributed by atoms with E-state index in [1.54, 1.807) is 24.3 Å². The number of carbonyl (C=O) groups is 2. The molecule has 2 aromatic rings. The van der Waals surface area contributed by atoms with Gasteiger partial charge in [-0.2, -0.15) is 0 Å². The zero-order valence-electron chi connectivity index (χ0n) is 24.5. The van der Waals surface area contributed by atoms with Crippen LogP contribution in [-0.4, -0.2) is 48.6 Å². The van der Waals surface area contributed by atoms with Crippen LogP contribution in [-0.2, 0) is 9.47 Å². The van der Waals surface area contributed by atoms with Crippen LogP contribution < -0.4 is 0 Å². The first-order valence-electron chi connectivity index (χ1n) is 14.7. The predicted molar refractivity (Wildman–Crippen MR) is 159 cm³/mol. The number of aliphatic hydroxyl groups is 2. The lowest BCUT2D eigenvalue weighted by molar-refractivity contribution is 0.0450. The van der Waals surface area contributed by atoms with Crippen molar-refractivity contribution in [3.05, 3.63) is 71.3 Å². The van der Waals surface area contributed by atoms with Crippen molar-refractivity contribution in [1.82, 2.24) is 0 Å². The molecule has 0 aliphatic heterocycles. The average Bonchev–Trinajstić information content (AvgIpc) is 2.97. The van der Waals surface area contributed by atoms with Gasteiger partial charge in [-0.15, -0.1) is 0 Å². The van der Waals surface area contributed by atoms with E-state index in [0.717, 1.165) is 25.7 Å². The highest BCUT2D eigenvalue weighted by Crippen LogP contribution is 2.14. The number of aryl methyl sites for hydroxylation is 1. The van der Waals surface area contributed by atoms with Crippen molar-refractivity contribution in [1.29, 1.82) is 0 Å². The molecule has 0 atom stereocenters. The second-order valence-corrected chi connectivity index (χ2v) is 9.45. The second-order valence-electron chi connectivity index (χ2n) is 9.45. The summed E-state index contributed by atoms with van der Waals surface area (Å²) in [5.41, 5.74) is 1.91. The summed E-state index contributed by atoms with van der Waals surface area (Å²) in [6.07, 6.45) is 13.6. The van der Waals surface area contributed by atoms with E-state index >= 15 is 0 Å². The van der Waals surface area contributed by atoms with Crippen molar-refractivity contribution in [2.24, 2.45) is 0 Å². The van der Waals surface area contributed by atoms with Crippen molar-refractivity contribution in [2.45, 2.75) is 97.8 Å². The monoisotopic (exact) mass is 544 g/mol. The topological polar surface area (TPSA) is 93.1 Å². The molecule has 0 heterocycles. The van der Waals surface area contributed by atoms with Crippen molar-refractivity contribution < 1.29 is 29.3 Å². The molecular formula is C33H52O6. The number of carbonyl (C=O) groups excluding carboxylic acids is 2. The number of ether oxygens (including phenoxy) is 2. The minimum absolute atomic E-state index is 0.125. The molecular weight excluding hydrogens is 492 g/mol. The van der Waals surface area contributed by atoms with Crippen LogP contribution in [0.2, 0.25) is 0 Å². The molecule has 39 heavy (non-hydrogen) atoms. The van der Waals surface area contributed by atoms with E-state index in [0.29, 0.717) is 24.3 Å². The third kappa shape index (κ3) is 20.9. The number of hydrogen-bond donors (Lipinski definition) is 2. The molecule has 0 radical (unpaired) electrons. The van der Waals surface area contributed by atoms with Gasteiger partial charge in [0.2, 0.25) is 0 Å². The van der Waals surface area contributed by atoms with E-state index in [-0.39, 0.29) is 13.2 Å². The van der Waals surface area contributed by atoms with Crippen LogP contribution in [0, 0.1) is 6.92 Å². The molecule has 0 aliphatic carbocycles. The Hall–Kier alpha value is -2.70. The molecule has 2 N–H and O–H groups in total. The highest BCUT2D eigenvalue weighted by atomic mass is 16.5. The molecule has 2 aromatic carbocycles. The fraction of sp³-hybridized carbons (Fsp3) is 0.576. The number of aliphatic hydroxyl groups excluding tert-OH is 2. The second kappa shape index (κ2) is 26.9. The average molecular weight is 545 g/mol. The fourth-order valence-electron chi connectivity index (χ4n) is 3.62. The lowest BCUT2D eigenvalue weighted by Gasteiger charge is -2.10. The van der Waals surface area contributed by atoms with Crippen LogP contribution in [0.15, 0.2) is 54.6 Å². The summed E-state index contributed by atoms with van der Waals surface area (Å²) in [5, 5.41) is 15.2. The minimum Gasteiger partial charge on any atom is -0.462 e. The molecule has 0 spiro atoms. The largest absolute Gasteiger partial charge is 0.462 e. The molecule has 0 fully saturated rings. The van der Waals surface area contributed by atoms with Gasteiger partial charge in [-0.3, -0.25) is 0 Å². The molecule has 220 valence electrons. The van der Waals surface area contributed by atoms with Gasteiger partial charge in [0.05, 0.1) is 37.6 Å². The van der Waals surface area contributed by atoms with E-state index in [1.807, 2.05) is 18.2 Å². The van der Waals surface area contributed by atoms with Gasteiger partial charge in [0.15, 0.2) is 0 Å². The van der Waals surface area contributed by atoms with Crippen LogP contribution in [0.5, 0.6) is 0 Å². The van der Waals surface area contributed by atoms with E-state index in [1.165, 1.54) is 56.9 Å². The highest BCUT2D eigenvalue weighted by Gasteiger charge is 2.18. The molecule has 0 bridgehead atoms. The quantitative estimate of drug-likeness (QED) is 0.157. The first kappa shape index (κ1) is 36.3. The minimum atomic E-state index is -0.444. The molecule has 0 aromatic heterocycles. The Balaban J connectivity index is 0.00000108.